The molecule has 4 rings (SSSR count). The third-order valence-corrected chi connectivity index (χ3v) is 4.44. The Kier molecular flexibility index (Phi) is 3.56. The lowest BCUT2D eigenvalue weighted by Crippen LogP contribution is -2.43. The number of imidazole rings is 1. The molecule has 1 saturated heterocycles. The van der Waals surface area contributed by atoms with Crippen LogP contribution >= 0.6 is 15.9 Å². The Morgan fingerprint density at radius 3 is 2.50 bits per heavy atom. The molecule has 1 aliphatic rings. The van der Waals surface area contributed by atoms with Gasteiger partial charge in [0.15, 0.2) is 0 Å². The first-order valence-corrected chi connectivity index (χ1v) is 8.15. The van der Waals surface area contributed by atoms with Crippen LogP contribution in [0.4, 0.5) is 5.69 Å². The van der Waals surface area contributed by atoms with E-state index in [1.165, 1.54) is 5.69 Å². The Morgan fingerprint density at radius 2 is 1.73 bits per heavy atom. The summed E-state index contributed by atoms with van der Waals surface area (Å²) in [5.74, 6) is 0. The van der Waals surface area contributed by atoms with Crippen molar-refractivity contribution in [3.05, 3.63) is 47.5 Å². The van der Waals surface area contributed by atoms with Crippen molar-refractivity contribution in [3.8, 4) is 5.69 Å². The summed E-state index contributed by atoms with van der Waals surface area (Å²) in [5.41, 5.74) is 4.34. The molecular weight excluding hydrogens is 342 g/mol. The number of hydrogen-bond donors (Lipinski definition) is 1. The van der Waals surface area contributed by atoms with Crippen molar-refractivity contribution in [2.45, 2.75) is 0 Å². The Labute approximate surface area is 137 Å². The van der Waals surface area contributed by atoms with Gasteiger partial charge in [-0.25, -0.2) is 9.97 Å². The van der Waals surface area contributed by atoms with Crippen LogP contribution in [0, 0.1) is 0 Å². The summed E-state index contributed by atoms with van der Waals surface area (Å²) in [6, 6.07) is 10.7. The van der Waals surface area contributed by atoms with Gasteiger partial charge in [0.25, 0.3) is 0 Å². The van der Waals surface area contributed by atoms with Gasteiger partial charge in [0, 0.05) is 37.6 Å². The van der Waals surface area contributed by atoms with Gasteiger partial charge in [-0.1, -0.05) is 0 Å². The van der Waals surface area contributed by atoms with Gasteiger partial charge >= 0.3 is 0 Å². The number of nitrogens with zero attached hydrogens (tertiary/aromatic N) is 4. The minimum Gasteiger partial charge on any atom is -0.369 e. The van der Waals surface area contributed by atoms with Crippen LogP contribution in [0.3, 0.4) is 0 Å². The van der Waals surface area contributed by atoms with E-state index in [4.69, 9.17) is 0 Å². The smallest absolute Gasteiger partial charge is 0.108 e. The zero-order valence-electron chi connectivity index (χ0n) is 12.0. The molecule has 0 unspecified atom stereocenters. The highest BCUT2D eigenvalue weighted by molar-refractivity contribution is 9.10. The van der Waals surface area contributed by atoms with E-state index in [1.807, 2.05) is 12.4 Å². The van der Waals surface area contributed by atoms with Crippen molar-refractivity contribution in [2.24, 2.45) is 0 Å². The van der Waals surface area contributed by atoms with Crippen LogP contribution in [0.5, 0.6) is 0 Å². The lowest BCUT2D eigenvalue weighted by atomic mass is 10.2. The first-order chi connectivity index (χ1) is 10.8. The molecule has 0 bridgehead atoms. The molecule has 1 aromatic carbocycles. The van der Waals surface area contributed by atoms with E-state index in [1.54, 1.807) is 6.20 Å². The Morgan fingerprint density at radius 1 is 1.00 bits per heavy atom. The maximum Gasteiger partial charge on any atom is 0.108 e. The monoisotopic (exact) mass is 357 g/mol. The topological polar surface area (TPSA) is 46.0 Å². The molecule has 5 nitrogen and oxygen atoms in total. The zero-order valence-corrected chi connectivity index (χ0v) is 13.6. The molecule has 1 fully saturated rings. The van der Waals surface area contributed by atoms with Gasteiger partial charge in [-0.05, 0) is 46.3 Å². The number of pyridine rings is 1. The second-order valence-corrected chi connectivity index (χ2v) is 6.18. The van der Waals surface area contributed by atoms with Crippen molar-refractivity contribution in [1.82, 2.24) is 19.9 Å². The maximum atomic E-state index is 4.41. The van der Waals surface area contributed by atoms with Gasteiger partial charge in [0.05, 0.1) is 11.7 Å². The summed E-state index contributed by atoms with van der Waals surface area (Å²) >= 11 is 3.42. The van der Waals surface area contributed by atoms with Gasteiger partial charge < -0.3 is 10.2 Å². The van der Waals surface area contributed by atoms with Crippen LogP contribution in [0.15, 0.2) is 47.5 Å². The molecule has 22 heavy (non-hydrogen) atoms. The van der Waals surface area contributed by atoms with E-state index in [-0.39, 0.29) is 0 Å². The van der Waals surface area contributed by atoms with Crippen molar-refractivity contribution in [1.29, 1.82) is 0 Å². The molecule has 0 aliphatic carbocycles. The van der Waals surface area contributed by atoms with E-state index in [0.717, 1.165) is 47.5 Å². The average molecular weight is 358 g/mol. The van der Waals surface area contributed by atoms with E-state index in [0.29, 0.717) is 0 Å². The van der Waals surface area contributed by atoms with Gasteiger partial charge in [0.2, 0.25) is 0 Å². The molecule has 3 aromatic rings. The van der Waals surface area contributed by atoms with Crippen LogP contribution in [-0.2, 0) is 0 Å². The van der Waals surface area contributed by atoms with Crippen LogP contribution in [-0.4, -0.2) is 40.7 Å². The van der Waals surface area contributed by atoms with E-state index < -0.39 is 0 Å². The molecule has 0 spiro atoms. The summed E-state index contributed by atoms with van der Waals surface area (Å²) < 4.78 is 2.91. The number of fused-ring (bicyclic) bond motifs is 1. The van der Waals surface area contributed by atoms with Gasteiger partial charge in [-0.15, -0.1) is 0 Å². The minimum atomic E-state index is 0.819. The summed E-state index contributed by atoms with van der Waals surface area (Å²) in [7, 11) is 0. The predicted octanol–water partition coefficient (Wildman–Crippen LogP) is 2.59. The lowest BCUT2D eigenvalue weighted by Gasteiger charge is -2.29. The number of nitrogens with one attached hydrogen (secondary N) is 1. The third-order valence-electron chi connectivity index (χ3n) is 4.01. The van der Waals surface area contributed by atoms with E-state index in [9.17, 15) is 0 Å². The molecule has 0 saturated carbocycles. The number of piperazine rings is 1. The molecular formula is C16H16BrN5. The maximum absolute atomic E-state index is 4.41. The first kappa shape index (κ1) is 13.7. The molecule has 0 amide bonds. The second-order valence-electron chi connectivity index (χ2n) is 5.36. The fourth-order valence-corrected chi connectivity index (χ4v) is 3.16. The van der Waals surface area contributed by atoms with Crippen molar-refractivity contribution in [3.63, 3.8) is 0 Å². The number of benzene rings is 1. The minimum absolute atomic E-state index is 0.819. The molecule has 2 aromatic heterocycles. The van der Waals surface area contributed by atoms with Crippen LogP contribution < -0.4 is 10.2 Å². The van der Waals surface area contributed by atoms with E-state index >= 15 is 0 Å². The fraction of sp³-hybridized carbons (Fsp3) is 0.250. The number of rotatable bonds is 2. The fourth-order valence-electron chi connectivity index (χ4n) is 2.84. The highest BCUT2D eigenvalue weighted by Crippen LogP contribution is 2.23. The van der Waals surface area contributed by atoms with Gasteiger partial charge in [0.1, 0.15) is 16.4 Å². The molecule has 6 heteroatoms. The molecule has 0 atom stereocenters. The second kappa shape index (κ2) is 5.70. The number of aromatic nitrogens is 3. The number of halogens is 1. The highest BCUT2D eigenvalue weighted by atomic mass is 79.9. The summed E-state index contributed by atoms with van der Waals surface area (Å²) in [6.45, 7) is 4.22. The Balaban J connectivity index is 1.68. The number of anilines is 1. The zero-order chi connectivity index (χ0) is 14.9. The quantitative estimate of drug-likeness (QED) is 0.716. The lowest BCUT2D eigenvalue weighted by molar-refractivity contribution is 0.589. The SMILES string of the molecule is Brc1cc2c(cn1)ncn2-c1ccc(N2CCNCC2)cc1. The molecule has 1 aliphatic heterocycles. The summed E-state index contributed by atoms with van der Waals surface area (Å²) in [6.07, 6.45) is 3.63. The Bertz CT molecular complexity index is 790. The van der Waals surface area contributed by atoms with E-state index in [2.05, 4.69) is 64.9 Å². The van der Waals surface area contributed by atoms with Crippen LogP contribution in [0.25, 0.3) is 16.7 Å². The normalized spacial score (nSPS) is 15.4. The van der Waals surface area contributed by atoms with Gasteiger partial charge in [-0.3, -0.25) is 4.57 Å². The highest BCUT2D eigenvalue weighted by Gasteiger charge is 2.11. The molecule has 0 radical (unpaired) electrons. The number of hydrogen-bond acceptors (Lipinski definition) is 4. The van der Waals surface area contributed by atoms with Crippen molar-refractivity contribution >= 4 is 32.7 Å². The first-order valence-electron chi connectivity index (χ1n) is 7.36. The Hall–Kier alpha value is -1.92. The summed E-state index contributed by atoms with van der Waals surface area (Å²) in [5, 5.41) is 3.38. The van der Waals surface area contributed by atoms with Crippen LogP contribution in [0.2, 0.25) is 0 Å². The third kappa shape index (κ3) is 2.48. The molecule has 3 heterocycles. The molecule has 1 N–H and O–H groups in total. The van der Waals surface area contributed by atoms with Crippen LogP contribution in [0.1, 0.15) is 0 Å². The average Bonchev–Trinajstić information content (AvgIpc) is 2.99. The standard InChI is InChI=1S/C16H16BrN5/c17-16-9-15-14(10-19-16)20-11-22(15)13-3-1-12(2-4-13)21-7-5-18-6-8-21/h1-4,9-11,18H,5-8H2. The predicted molar refractivity (Wildman–Crippen MR) is 91.6 cm³/mol. The van der Waals surface area contributed by atoms with Gasteiger partial charge in [-0.2, -0.15) is 0 Å². The summed E-state index contributed by atoms with van der Waals surface area (Å²) in [4.78, 5) is 11.0. The largest absolute Gasteiger partial charge is 0.369 e. The van der Waals surface area contributed by atoms with Crippen molar-refractivity contribution < 1.29 is 0 Å². The van der Waals surface area contributed by atoms with Crippen molar-refractivity contribution in [2.75, 3.05) is 31.1 Å². The molecule has 112 valence electrons.